The van der Waals surface area contributed by atoms with Crippen LogP contribution < -0.4 is 10.6 Å². The highest BCUT2D eigenvalue weighted by Crippen LogP contribution is 2.20. The van der Waals surface area contributed by atoms with Gasteiger partial charge in [-0.15, -0.1) is 0 Å². The molecular weight excluding hydrogens is 266 g/mol. The van der Waals surface area contributed by atoms with Crippen molar-refractivity contribution in [1.29, 1.82) is 0 Å². The third-order valence-corrected chi connectivity index (χ3v) is 2.86. The van der Waals surface area contributed by atoms with Gasteiger partial charge in [0.1, 0.15) is 12.0 Å². The molecule has 1 aromatic heterocycles. The summed E-state index contributed by atoms with van der Waals surface area (Å²) in [7, 11) is 0. The van der Waals surface area contributed by atoms with Crippen LogP contribution in [0.4, 0.5) is 5.69 Å². The predicted octanol–water partition coefficient (Wildman–Crippen LogP) is 2.98. The van der Waals surface area contributed by atoms with E-state index in [1.165, 1.54) is 0 Å². The molecule has 0 atom stereocenters. The molecule has 0 bridgehead atoms. The molecule has 1 heterocycles. The van der Waals surface area contributed by atoms with Crippen LogP contribution >= 0.6 is 0 Å². The van der Waals surface area contributed by atoms with Crippen molar-refractivity contribution in [2.24, 2.45) is 0 Å². The van der Waals surface area contributed by atoms with Gasteiger partial charge in [-0.05, 0) is 32.9 Å². The normalized spacial score (nSPS) is 11.4. The molecule has 0 aliphatic heterocycles. The second kappa shape index (κ2) is 6.10. The summed E-state index contributed by atoms with van der Waals surface area (Å²) in [6.07, 6.45) is 1.62. The number of anilines is 1. The molecule has 0 aliphatic carbocycles. The van der Waals surface area contributed by atoms with Gasteiger partial charge in [-0.2, -0.15) is 0 Å². The number of rotatable bonds is 4. The smallest absolute Gasteiger partial charge is 0.238 e. The topological polar surface area (TPSA) is 67.2 Å². The number of oxazole rings is 1. The summed E-state index contributed by atoms with van der Waals surface area (Å²) in [6, 6.07) is 7.52. The minimum absolute atomic E-state index is 0.0602. The Labute approximate surface area is 124 Å². The Hall–Kier alpha value is -2.14. The Morgan fingerprint density at radius 2 is 1.90 bits per heavy atom. The highest BCUT2D eigenvalue weighted by atomic mass is 16.3. The van der Waals surface area contributed by atoms with E-state index in [4.69, 9.17) is 4.42 Å². The minimum Gasteiger partial charge on any atom is -0.449 e. The molecule has 1 aromatic carbocycles. The predicted molar refractivity (Wildman–Crippen MR) is 83.1 cm³/mol. The van der Waals surface area contributed by atoms with Crippen LogP contribution in [0, 0.1) is 6.92 Å². The second-order valence-corrected chi connectivity index (χ2v) is 5.98. The van der Waals surface area contributed by atoms with Crippen molar-refractivity contribution in [3.05, 3.63) is 36.4 Å². The first-order valence-electron chi connectivity index (χ1n) is 6.91. The van der Waals surface area contributed by atoms with E-state index in [-0.39, 0.29) is 18.0 Å². The number of amides is 1. The first-order valence-corrected chi connectivity index (χ1v) is 6.91. The monoisotopic (exact) mass is 287 g/mol. The zero-order valence-corrected chi connectivity index (χ0v) is 12.9. The molecule has 0 radical (unpaired) electrons. The molecule has 5 nitrogen and oxygen atoms in total. The fourth-order valence-electron chi connectivity index (χ4n) is 1.77. The van der Waals surface area contributed by atoms with Crippen LogP contribution in [0.2, 0.25) is 0 Å². The van der Waals surface area contributed by atoms with E-state index in [0.717, 1.165) is 16.9 Å². The van der Waals surface area contributed by atoms with Crippen LogP contribution in [-0.4, -0.2) is 23.0 Å². The van der Waals surface area contributed by atoms with Crippen LogP contribution in [0.15, 0.2) is 34.9 Å². The van der Waals surface area contributed by atoms with Crippen LogP contribution in [0.1, 0.15) is 26.7 Å². The first kappa shape index (κ1) is 15.3. The van der Waals surface area contributed by atoms with E-state index in [1.807, 2.05) is 45.0 Å². The Balaban J connectivity index is 1.95. The zero-order valence-electron chi connectivity index (χ0n) is 12.9. The summed E-state index contributed by atoms with van der Waals surface area (Å²) in [5.74, 6) is 0.575. The minimum atomic E-state index is -0.0774. The van der Waals surface area contributed by atoms with Gasteiger partial charge in [0.05, 0.1) is 6.54 Å². The van der Waals surface area contributed by atoms with Gasteiger partial charge in [0.25, 0.3) is 0 Å². The van der Waals surface area contributed by atoms with Crippen LogP contribution in [0.25, 0.3) is 11.3 Å². The number of nitrogens with zero attached hydrogens (tertiary/aromatic N) is 1. The second-order valence-electron chi connectivity index (χ2n) is 5.98. The lowest BCUT2D eigenvalue weighted by atomic mass is 10.1. The van der Waals surface area contributed by atoms with Crippen molar-refractivity contribution in [2.45, 2.75) is 33.2 Å². The fraction of sp³-hybridized carbons (Fsp3) is 0.375. The number of nitrogens with one attached hydrogen (secondary N) is 2. The Bertz CT molecular complexity index is 609. The van der Waals surface area contributed by atoms with Gasteiger partial charge < -0.3 is 15.1 Å². The average Bonchev–Trinajstić information content (AvgIpc) is 2.83. The SMILES string of the molecule is Cc1nc(-c2ccc(NC(=O)CNC(C)(C)C)cc2)co1. The molecule has 0 saturated carbocycles. The molecule has 0 saturated heterocycles. The van der Waals surface area contributed by atoms with Crippen molar-refractivity contribution in [3.8, 4) is 11.3 Å². The average molecular weight is 287 g/mol. The lowest BCUT2D eigenvalue weighted by Gasteiger charge is -2.20. The van der Waals surface area contributed by atoms with Crippen LogP contribution in [0.5, 0.6) is 0 Å². The third kappa shape index (κ3) is 4.72. The summed E-state index contributed by atoms with van der Waals surface area (Å²) in [5, 5.41) is 6.00. The highest BCUT2D eigenvalue weighted by molar-refractivity contribution is 5.92. The third-order valence-electron chi connectivity index (χ3n) is 2.86. The summed E-state index contributed by atoms with van der Waals surface area (Å²) >= 11 is 0. The number of hydrogen-bond acceptors (Lipinski definition) is 4. The van der Waals surface area contributed by atoms with Gasteiger partial charge in [-0.25, -0.2) is 4.98 Å². The fourth-order valence-corrected chi connectivity index (χ4v) is 1.77. The molecule has 21 heavy (non-hydrogen) atoms. The molecule has 112 valence electrons. The van der Waals surface area contributed by atoms with E-state index in [9.17, 15) is 4.79 Å². The molecule has 2 N–H and O–H groups in total. The van der Waals surface area contributed by atoms with E-state index >= 15 is 0 Å². The summed E-state index contributed by atoms with van der Waals surface area (Å²) in [6.45, 7) is 8.16. The summed E-state index contributed by atoms with van der Waals surface area (Å²) in [4.78, 5) is 16.1. The number of benzene rings is 1. The van der Waals surface area contributed by atoms with Crippen molar-refractivity contribution < 1.29 is 9.21 Å². The first-order chi connectivity index (χ1) is 9.83. The summed E-state index contributed by atoms with van der Waals surface area (Å²) in [5.41, 5.74) is 2.43. The van der Waals surface area contributed by atoms with Gasteiger partial charge in [-0.3, -0.25) is 4.79 Å². The maximum Gasteiger partial charge on any atom is 0.238 e. The molecule has 0 spiro atoms. The molecule has 0 unspecified atom stereocenters. The van der Waals surface area contributed by atoms with Gasteiger partial charge >= 0.3 is 0 Å². The molecular formula is C16H21N3O2. The molecule has 2 aromatic rings. The van der Waals surface area contributed by atoms with Crippen molar-refractivity contribution in [1.82, 2.24) is 10.3 Å². The molecule has 1 amide bonds. The molecule has 5 heteroatoms. The molecule has 0 fully saturated rings. The van der Waals surface area contributed by atoms with Crippen LogP contribution in [-0.2, 0) is 4.79 Å². The Kier molecular flexibility index (Phi) is 4.43. The highest BCUT2D eigenvalue weighted by Gasteiger charge is 2.11. The van der Waals surface area contributed by atoms with E-state index in [0.29, 0.717) is 5.89 Å². The van der Waals surface area contributed by atoms with Crippen LogP contribution in [0.3, 0.4) is 0 Å². The lowest BCUT2D eigenvalue weighted by Crippen LogP contribution is -2.41. The number of hydrogen-bond donors (Lipinski definition) is 2. The van der Waals surface area contributed by atoms with Gasteiger partial charge in [0, 0.05) is 23.7 Å². The Morgan fingerprint density at radius 3 is 2.43 bits per heavy atom. The molecule has 0 aliphatic rings. The van der Waals surface area contributed by atoms with Crippen molar-refractivity contribution >= 4 is 11.6 Å². The van der Waals surface area contributed by atoms with Gasteiger partial charge in [0.2, 0.25) is 5.91 Å². The zero-order chi connectivity index (χ0) is 15.5. The quantitative estimate of drug-likeness (QED) is 0.907. The van der Waals surface area contributed by atoms with Gasteiger partial charge in [-0.1, -0.05) is 12.1 Å². The van der Waals surface area contributed by atoms with Crippen molar-refractivity contribution in [2.75, 3.05) is 11.9 Å². The van der Waals surface area contributed by atoms with E-state index in [2.05, 4.69) is 15.6 Å². The van der Waals surface area contributed by atoms with Gasteiger partial charge in [0.15, 0.2) is 5.89 Å². The standard InChI is InChI=1S/C16H21N3O2/c1-11-18-14(10-21-11)12-5-7-13(8-6-12)19-15(20)9-17-16(2,3)4/h5-8,10,17H,9H2,1-4H3,(H,19,20). The number of carbonyl (C=O) groups excluding carboxylic acids is 1. The summed E-state index contributed by atoms with van der Waals surface area (Å²) < 4.78 is 5.19. The van der Waals surface area contributed by atoms with Crippen molar-refractivity contribution in [3.63, 3.8) is 0 Å². The van der Waals surface area contributed by atoms with E-state index in [1.54, 1.807) is 13.2 Å². The molecule has 2 rings (SSSR count). The maximum absolute atomic E-state index is 11.8. The maximum atomic E-state index is 11.8. The number of aromatic nitrogens is 1. The lowest BCUT2D eigenvalue weighted by molar-refractivity contribution is -0.115. The van der Waals surface area contributed by atoms with E-state index < -0.39 is 0 Å². The largest absolute Gasteiger partial charge is 0.449 e. The number of aryl methyl sites for hydroxylation is 1. The number of carbonyl (C=O) groups is 1. The Morgan fingerprint density at radius 1 is 1.24 bits per heavy atom.